The van der Waals surface area contributed by atoms with Crippen molar-refractivity contribution < 1.29 is 43.5 Å². The monoisotopic (exact) mass is 866 g/mol. The Hall–Kier alpha value is -6.25. The molecule has 14 N–H and O–H groups in total. The smallest absolute Gasteiger partial charge is 0.326 e. The fraction of sp³-hybridized carbons (Fsp3) is 0.585. The number of para-hydroxylation sites is 1. The van der Waals surface area contributed by atoms with Gasteiger partial charge in [-0.25, -0.2) is 4.79 Å². The molecule has 0 radical (unpaired) electrons. The number of aromatic nitrogens is 1. The van der Waals surface area contributed by atoms with Crippen molar-refractivity contribution in [2.75, 3.05) is 19.6 Å². The number of H-pyrrole nitrogens is 1. The quantitative estimate of drug-likeness (QED) is 0.0365. The summed E-state index contributed by atoms with van der Waals surface area (Å²) in [7, 11) is 0. The highest BCUT2D eigenvalue weighted by atomic mass is 16.4. The minimum Gasteiger partial charge on any atom is -0.480 e. The number of nitrogens with zero attached hydrogens (tertiary/aromatic N) is 3. The number of carboxylic acid groups (broad SMARTS) is 1. The highest BCUT2D eigenvalue weighted by molar-refractivity contribution is 5.98. The Morgan fingerprint density at radius 2 is 1.52 bits per heavy atom. The zero-order valence-corrected chi connectivity index (χ0v) is 35.6. The van der Waals surface area contributed by atoms with Crippen LogP contribution in [0, 0.1) is 5.92 Å². The van der Waals surface area contributed by atoms with Gasteiger partial charge in [0, 0.05) is 43.2 Å². The van der Waals surface area contributed by atoms with Gasteiger partial charge in [-0.1, -0.05) is 38.5 Å². The van der Waals surface area contributed by atoms with Crippen LogP contribution in [0.4, 0.5) is 0 Å². The molecular formula is C41H62N12O9. The van der Waals surface area contributed by atoms with Gasteiger partial charge in [-0.05, 0) is 75.8 Å². The Bertz CT molecular complexity index is 1980. The second-order valence-electron chi connectivity index (χ2n) is 16.1. The van der Waals surface area contributed by atoms with Crippen molar-refractivity contribution in [1.82, 2.24) is 36.1 Å². The number of benzene rings is 1. The molecule has 21 nitrogen and oxygen atoms in total. The molecule has 2 aliphatic rings. The average molecular weight is 867 g/mol. The molecule has 0 aliphatic carbocycles. The lowest BCUT2D eigenvalue weighted by Gasteiger charge is -2.33. The van der Waals surface area contributed by atoms with Crippen LogP contribution in [-0.2, 0) is 44.8 Å². The van der Waals surface area contributed by atoms with Crippen molar-refractivity contribution in [3.05, 3.63) is 36.0 Å². The Morgan fingerprint density at radius 3 is 2.18 bits per heavy atom. The summed E-state index contributed by atoms with van der Waals surface area (Å²) in [6.45, 7) is 5.40. The van der Waals surface area contributed by atoms with Crippen LogP contribution < -0.4 is 44.2 Å². The largest absolute Gasteiger partial charge is 0.480 e. The maximum atomic E-state index is 14.2. The first-order chi connectivity index (χ1) is 29.4. The van der Waals surface area contributed by atoms with E-state index in [1.165, 1.54) is 16.7 Å². The standard InChI is InChI=1S/C41H62N12O9/c1-4-22(2)33(40(61)62)51-36(57)28(12-7-17-46-41(44)45)49-34(55)23(3)48-37(58)30-13-8-18-52(30)39(60)31-14-9-19-53(31)38(59)29(15-16-32(43)54)50-35(56)26(42)20-24-21-47-27-11-6-5-10-25(24)27/h5-6,10-11,21-23,26,28-31,33,47H,4,7-9,12-20,42H2,1-3H3,(H2,43,54)(H,48,58)(H,49,55)(H,50,56)(H,51,57)(H,61,62)(H4,44,45,46)/t22-,23-,26-,28-,29-,30-,31-,33-/m0/s1. The third-order valence-corrected chi connectivity index (χ3v) is 11.5. The lowest BCUT2D eigenvalue weighted by molar-refractivity contribution is -0.148. The minimum atomic E-state index is -1.23. The van der Waals surface area contributed by atoms with Crippen molar-refractivity contribution in [3.63, 3.8) is 0 Å². The minimum absolute atomic E-state index is 0.0499. The lowest BCUT2D eigenvalue weighted by atomic mass is 9.98. The molecule has 0 spiro atoms. The van der Waals surface area contributed by atoms with Gasteiger partial charge in [0.2, 0.25) is 41.4 Å². The summed E-state index contributed by atoms with van der Waals surface area (Å²) in [6.07, 6.45) is 3.87. The summed E-state index contributed by atoms with van der Waals surface area (Å²) in [5, 5.41) is 21.1. The first-order valence-electron chi connectivity index (χ1n) is 21.1. The topological polar surface area (TPSA) is 344 Å². The van der Waals surface area contributed by atoms with Gasteiger partial charge in [0.25, 0.3) is 0 Å². The molecule has 62 heavy (non-hydrogen) atoms. The van der Waals surface area contributed by atoms with E-state index in [0.717, 1.165) is 16.5 Å². The molecule has 2 aliphatic heterocycles. The van der Waals surface area contributed by atoms with E-state index in [9.17, 15) is 43.5 Å². The zero-order valence-electron chi connectivity index (χ0n) is 35.6. The summed E-state index contributed by atoms with van der Waals surface area (Å²) < 4.78 is 0. The highest BCUT2D eigenvalue weighted by Crippen LogP contribution is 2.26. The number of aliphatic imine (C=N–C) groups is 1. The fourth-order valence-corrected chi connectivity index (χ4v) is 7.82. The van der Waals surface area contributed by atoms with Gasteiger partial charge in [0.1, 0.15) is 36.3 Å². The molecule has 1 aromatic heterocycles. The number of aliphatic carboxylic acids is 1. The van der Waals surface area contributed by atoms with E-state index in [1.807, 2.05) is 24.3 Å². The van der Waals surface area contributed by atoms with E-state index in [4.69, 9.17) is 22.9 Å². The third kappa shape index (κ3) is 12.9. The maximum Gasteiger partial charge on any atom is 0.326 e. The van der Waals surface area contributed by atoms with Gasteiger partial charge >= 0.3 is 5.97 Å². The Labute approximate surface area is 359 Å². The second-order valence-corrected chi connectivity index (χ2v) is 16.1. The van der Waals surface area contributed by atoms with E-state index >= 15 is 0 Å². The normalized spacial score (nSPS) is 19.0. The van der Waals surface area contributed by atoms with Gasteiger partial charge in [-0.15, -0.1) is 0 Å². The van der Waals surface area contributed by atoms with Crippen molar-refractivity contribution >= 4 is 64.2 Å². The number of nitrogens with one attached hydrogen (secondary N) is 5. The molecule has 2 aromatic rings. The molecule has 7 amide bonds. The molecule has 21 heteroatoms. The van der Waals surface area contributed by atoms with Gasteiger partial charge < -0.3 is 64.1 Å². The number of carbonyl (C=O) groups is 8. The van der Waals surface area contributed by atoms with Crippen molar-refractivity contribution in [2.45, 2.75) is 127 Å². The molecule has 2 fully saturated rings. The summed E-state index contributed by atoms with van der Waals surface area (Å²) >= 11 is 0. The van der Waals surface area contributed by atoms with Gasteiger partial charge in [-0.2, -0.15) is 0 Å². The van der Waals surface area contributed by atoms with Crippen LogP contribution in [0.5, 0.6) is 0 Å². The van der Waals surface area contributed by atoms with E-state index in [2.05, 4.69) is 31.2 Å². The van der Waals surface area contributed by atoms with Crippen molar-refractivity contribution in [1.29, 1.82) is 0 Å². The van der Waals surface area contributed by atoms with Crippen LogP contribution >= 0.6 is 0 Å². The second kappa shape index (κ2) is 22.6. The van der Waals surface area contributed by atoms with Crippen molar-refractivity contribution in [2.24, 2.45) is 33.8 Å². The van der Waals surface area contributed by atoms with Crippen LogP contribution in [0.15, 0.2) is 35.5 Å². The first-order valence-corrected chi connectivity index (χ1v) is 21.1. The summed E-state index contributed by atoms with van der Waals surface area (Å²) in [5.41, 5.74) is 24.2. The number of guanidine groups is 1. The molecule has 340 valence electrons. The number of nitrogens with two attached hydrogens (primary N) is 4. The van der Waals surface area contributed by atoms with Crippen LogP contribution in [0.1, 0.15) is 84.1 Å². The number of carboxylic acids is 1. The van der Waals surface area contributed by atoms with E-state index in [1.54, 1.807) is 20.0 Å². The van der Waals surface area contributed by atoms with E-state index in [-0.39, 0.29) is 70.5 Å². The predicted octanol–water partition coefficient (Wildman–Crippen LogP) is -1.57. The lowest BCUT2D eigenvalue weighted by Crippen LogP contribution is -2.59. The molecule has 4 rings (SSSR count). The summed E-state index contributed by atoms with van der Waals surface area (Å²) in [5.74, 6) is -6.26. The Balaban J connectivity index is 1.41. The Kier molecular flexibility index (Phi) is 17.6. The molecular weight excluding hydrogens is 805 g/mol. The third-order valence-electron chi connectivity index (χ3n) is 11.5. The number of aromatic amines is 1. The van der Waals surface area contributed by atoms with E-state index < -0.39 is 95.5 Å². The summed E-state index contributed by atoms with van der Waals surface area (Å²) in [6, 6.07) is -0.241. The molecule has 2 saturated heterocycles. The molecule has 0 bridgehead atoms. The molecule has 0 unspecified atom stereocenters. The first kappa shape index (κ1) is 48.4. The van der Waals surface area contributed by atoms with Crippen LogP contribution in [0.2, 0.25) is 0 Å². The predicted molar refractivity (Wildman–Crippen MR) is 228 cm³/mol. The molecule has 3 heterocycles. The number of carbonyl (C=O) groups excluding carboxylic acids is 7. The van der Waals surface area contributed by atoms with Crippen LogP contribution in [0.25, 0.3) is 10.9 Å². The number of hydrogen-bond acceptors (Lipinski definition) is 10. The summed E-state index contributed by atoms with van der Waals surface area (Å²) in [4.78, 5) is 116. The number of fused-ring (bicyclic) bond motifs is 1. The number of hydrogen-bond donors (Lipinski definition) is 10. The number of rotatable bonds is 22. The zero-order chi connectivity index (χ0) is 45.7. The average Bonchev–Trinajstić information content (AvgIpc) is 4.02. The van der Waals surface area contributed by atoms with Gasteiger partial charge in [0.15, 0.2) is 5.96 Å². The van der Waals surface area contributed by atoms with Gasteiger partial charge in [0.05, 0.1) is 6.04 Å². The van der Waals surface area contributed by atoms with Gasteiger partial charge in [-0.3, -0.25) is 38.6 Å². The molecule has 1 aromatic carbocycles. The fourth-order valence-electron chi connectivity index (χ4n) is 7.82. The molecule has 0 saturated carbocycles. The number of primary amides is 1. The van der Waals surface area contributed by atoms with Crippen LogP contribution in [0.3, 0.4) is 0 Å². The SMILES string of the molecule is CC[C@H](C)[C@H](NC(=O)[C@H](CCCN=C(N)N)NC(=O)[C@H](C)NC(=O)[C@@H]1CCCN1C(=O)[C@@H]1CCCN1C(=O)[C@H](CCC(N)=O)NC(=O)[C@@H](N)Cc1c[nH]c2ccccc12)C(=O)O. The Morgan fingerprint density at radius 1 is 0.855 bits per heavy atom. The van der Waals surface area contributed by atoms with E-state index in [0.29, 0.717) is 19.3 Å². The maximum absolute atomic E-state index is 14.2. The van der Waals surface area contributed by atoms with Crippen LogP contribution in [-0.4, -0.2) is 135 Å². The number of amides is 7. The van der Waals surface area contributed by atoms with Crippen molar-refractivity contribution in [3.8, 4) is 0 Å². The number of likely N-dealkylation sites (tertiary alicyclic amines) is 2. The highest BCUT2D eigenvalue weighted by Gasteiger charge is 2.44. The molecule has 8 atom stereocenters.